The van der Waals surface area contributed by atoms with Crippen LogP contribution in [0.1, 0.15) is 91.9 Å². The molecule has 2 aliphatic heterocycles. The Morgan fingerprint density at radius 3 is 2.39 bits per heavy atom. The van der Waals surface area contributed by atoms with Gasteiger partial charge in [-0.05, 0) is 111 Å². The SMILES string of the molecule is CC1CC[C@]2(NC1)O[C@H]1CC3C4CC[C@H]5C[C@@H](O)CC[C@]5(C)C4CC[C@]3(C)[C@H]1[C@@H]2C.Cl. The number of ether oxygens (including phenoxy) is 1. The van der Waals surface area contributed by atoms with E-state index in [1.54, 1.807) is 0 Å². The van der Waals surface area contributed by atoms with Gasteiger partial charge in [0.15, 0.2) is 0 Å². The molecule has 31 heavy (non-hydrogen) atoms. The van der Waals surface area contributed by atoms with E-state index in [1.165, 1.54) is 51.4 Å². The Balaban J connectivity index is 0.00000204. The number of rotatable bonds is 0. The van der Waals surface area contributed by atoms with Gasteiger partial charge in [-0.2, -0.15) is 0 Å². The molecular weight excluding hydrogens is 406 g/mol. The fraction of sp³-hybridized carbons (Fsp3) is 1.00. The van der Waals surface area contributed by atoms with Crippen molar-refractivity contribution in [3.05, 3.63) is 0 Å². The van der Waals surface area contributed by atoms with Crippen LogP contribution >= 0.6 is 12.4 Å². The monoisotopic (exact) mass is 451 g/mol. The number of aliphatic hydroxyl groups is 1. The van der Waals surface area contributed by atoms with Crippen molar-refractivity contribution in [2.24, 2.45) is 52.3 Å². The minimum Gasteiger partial charge on any atom is -0.393 e. The van der Waals surface area contributed by atoms with Gasteiger partial charge in [0.05, 0.1) is 12.2 Å². The maximum Gasteiger partial charge on any atom is 0.122 e. The van der Waals surface area contributed by atoms with Crippen molar-refractivity contribution in [2.45, 2.75) is 110 Å². The molecule has 0 aromatic rings. The third-order valence-corrected chi connectivity index (χ3v) is 12.1. The maximum atomic E-state index is 10.3. The lowest BCUT2D eigenvalue weighted by Crippen LogP contribution is -2.57. The molecule has 6 rings (SSSR count). The molecule has 6 fully saturated rings. The molecule has 0 aromatic carbocycles. The Bertz CT molecular complexity index is 693. The summed E-state index contributed by atoms with van der Waals surface area (Å²) in [6, 6.07) is 0. The van der Waals surface area contributed by atoms with Gasteiger partial charge in [0.2, 0.25) is 0 Å². The van der Waals surface area contributed by atoms with Gasteiger partial charge >= 0.3 is 0 Å². The molecule has 4 saturated carbocycles. The van der Waals surface area contributed by atoms with Crippen molar-refractivity contribution in [3.8, 4) is 0 Å². The van der Waals surface area contributed by atoms with Crippen LogP contribution in [0.3, 0.4) is 0 Å². The molecule has 2 saturated heterocycles. The van der Waals surface area contributed by atoms with Gasteiger partial charge in [0.25, 0.3) is 0 Å². The normalized spacial score (nSPS) is 60.5. The molecule has 1 spiro atoms. The third kappa shape index (κ3) is 3.08. The lowest BCUT2D eigenvalue weighted by atomic mass is 9.44. The third-order valence-electron chi connectivity index (χ3n) is 12.1. The molecule has 4 aliphatic carbocycles. The fourth-order valence-electron chi connectivity index (χ4n) is 10.4. The summed E-state index contributed by atoms with van der Waals surface area (Å²) in [6.07, 6.45) is 13.2. The molecule has 4 unspecified atom stereocenters. The highest BCUT2D eigenvalue weighted by Crippen LogP contribution is 2.71. The molecule has 178 valence electrons. The van der Waals surface area contributed by atoms with Gasteiger partial charge in [-0.1, -0.05) is 27.7 Å². The standard InChI is InChI=1S/C27H45NO2.ClH/c1-16-7-12-27(28-15-16)17(2)24-23(30-27)14-22-20-6-5-18-13-19(29)8-10-25(18,3)21(20)9-11-26(22,24)4;/h16-24,28-29H,5-15H2,1-4H3;1H/t16?,17-,18-,19-,20?,21?,22?,23-,24-,25-,26-,27-;/m0./s1. The number of fused-ring (bicyclic) bond motifs is 7. The van der Waals surface area contributed by atoms with E-state index >= 15 is 0 Å². The Kier molecular flexibility index (Phi) is 5.61. The summed E-state index contributed by atoms with van der Waals surface area (Å²) < 4.78 is 7.01. The van der Waals surface area contributed by atoms with Crippen LogP contribution in [-0.2, 0) is 4.74 Å². The Morgan fingerprint density at radius 1 is 0.871 bits per heavy atom. The van der Waals surface area contributed by atoms with Crippen LogP contribution in [0.2, 0.25) is 0 Å². The number of hydrogen-bond acceptors (Lipinski definition) is 3. The quantitative estimate of drug-likeness (QED) is 0.489. The van der Waals surface area contributed by atoms with E-state index in [9.17, 15) is 5.11 Å². The average molecular weight is 452 g/mol. The topological polar surface area (TPSA) is 41.5 Å². The largest absolute Gasteiger partial charge is 0.393 e. The first-order chi connectivity index (χ1) is 14.3. The molecule has 4 heteroatoms. The zero-order chi connectivity index (χ0) is 20.9. The summed E-state index contributed by atoms with van der Waals surface area (Å²) in [5.74, 6) is 5.57. The average Bonchev–Trinajstić information content (AvgIpc) is 3.16. The van der Waals surface area contributed by atoms with E-state index in [2.05, 4.69) is 33.0 Å². The summed E-state index contributed by atoms with van der Waals surface area (Å²) in [6.45, 7) is 11.3. The lowest BCUT2D eigenvalue weighted by Gasteiger charge is -2.61. The van der Waals surface area contributed by atoms with E-state index < -0.39 is 0 Å². The van der Waals surface area contributed by atoms with Crippen LogP contribution in [0.25, 0.3) is 0 Å². The summed E-state index contributed by atoms with van der Waals surface area (Å²) in [7, 11) is 0. The highest BCUT2D eigenvalue weighted by Gasteiger charge is 2.68. The first kappa shape index (κ1) is 22.9. The molecular formula is C27H46ClNO2. The van der Waals surface area contributed by atoms with Gasteiger partial charge in [-0.25, -0.2) is 0 Å². The van der Waals surface area contributed by atoms with Crippen molar-refractivity contribution >= 4 is 12.4 Å². The van der Waals surface area contributed by atoms with Crippen molar-refractivity contribution in [3.63, 3.8) is 0 Å². The van der Waals surface area contributed by atoms with Crippen molar-refractivity contribution in [2.75, 3.05) is 6.54 Å². The predicted molar refractivity (Wildman–Crippen MR) is 127 cm³/mol. The summed E-state index contributed by atoms with van der Waals surface area (Å²) in [4.78, 5) is 0. The molecule has 0 aromatic heterocycles. The minimum absolute atomic E-state index is 0. The number of piperidine rings is 1. The van der Waals surface area contributed by atoms with Crippen LogP contribution in [0.15, 0.2) is 0 Å². The van der Waals surface area contributed by atoms with E-state index in [4.69, 9.17) is 4.74 Å². The Labute approximate surface area is 196 Å². The maximum absolute atomic E-state index is 10.3. The Hall–Kier alpha value is 0.170. The summed E-state index contributed by atoms with van der Waals surface area (Å²) in [5, 5.41) is 14.2. The molecule has 2 N–H and O–H groups in total. The number of aliphatic hydroxyl groups excluding tert-OH is 1. The summed E-state index contributed by atoms with van der Waals surface area (Å²) in [5.41, 5.74) is 0.919. The lowest BCUT2D eigenvalue weighted by molar-refractivity contribution is -0.140. The van der Waals surface area contributed by atoms with Gasteiger partial charge in [-0.3, -0.25) is 5.32 Å². The summed E-state index contributed by atoms with van der Waals surface area (Å²) >= 11 is 0. The van der Waals surface area contributed by atoms with E-state index in [0.717, 1.165) is 54.9 Å². The molecule has 0 amide bonds. The van der Waals surface area contributed by atoms with Gasteiger partial charge < -0.3 is 9.84 Å². The molecule has 3 nitrogen and oxygen atoms in total. The molecule has 12 atom stereocenters. The highest BCUT2D eigenvalue weighted by atomic mass is 35.5. The predicted octanol–water partition coefficient (Wildman–Crippen LogP) is 5.79. The van der Waals surface area contributed by atoms with Gasteiger partial charge in [0.1, 0.15) is 5.72 Å². The van der Waals surface area contributed by atoms with E-state index in [1.807, 2.05) is 0 Å². The van der Waals surface area contributed by atoms with Gasteiger partial charge in [0, 0.05) is 12.5 Å². The van der Waals surface area contributed by atoms with E-state index in [0.29, 0.717) is 22.9 Å². The Morgan fingerprint density at radius 2 is 1.65 bits per heavy atom. The fourth-order valence-corrected chi connectivity index (χ4v) is 10.4. The van der Waals surface area contributed by atoms with E-state index in [-0.39, 0.29) is 24.2 Å². The second-order valence-electron chi connectivity index (χ2n) is 13.3. The first-order valence-corrected chi connectivity index (χ1v) is 13.4. The zero-order valence-corrected chi connectivity index (χ0v) is 21.1. The van der Waals surface area contributed by atoms with Gasteiger partial charge in [-0.15, -0.1) is 12.4 Å². The zero-order valence-electron chi connectivity index (χ0n) is 20.2. The second kappa shape index (κ2) is 7.59. The molecule has 2 heterocycles. The molecule has 0 radical (unpaired) electrons. The molecule has 0 bridgehead atoms. The molecule has 6 aliphatic rings. The first-order valence-electron chi connectivity index (χ1n) is 13.4. The van der Waals surface area contributed by atoms with Crippen molar-refractivity contribution in [1.82, 2.24) is 5.32 Å². The number of hydrogen-bond donors (Lipinski definition) is 2. The van der Waals surface area contributed by atoms with Crippen LogP contribution in [0.5, 0.6) is 0 Å². The van der Waals surface area contributed by atoms with Crippen molar-refractivity contribution in [1.29, 1.82) is 0 Å². The van der Waals surface area contributed by atoms with Crippen LogP contribution < -0.4 is 5.32 Å². The van der Waals surface area contributed by atoms with Crippen LogP contribution in [-0.4, -0.2) is 29.6 Å². The smallest absolute Gasteiger partial charge is 0.122 e. The highest BCUT2D eigenvalue weighted by molar-refractivity contribution is 5.85. The second-order valence-corrected chi connectivity index (χ2v) is 13.3. The number of nitrogens with one attached hydrogen (secondary N) is 1. The minimum atomic E-state index is -0.0320. The van der Waals surface area contributed by atoms with Crippen LogP contribution in [0.4, 0.5) is 0 Å². The van der Waals surface area contributed by atoms with Crippen LogP contribution in [0, 0.1) is 52.3 Å². The van der Waals surface area contributed by atoms with Crippen molar-refractivity contribution < 1.29 is 9.84 Å². The number of halogens is 1.